The summed E-state index contributed by atoms with van der Waals surface area (Å²) in [6.07, 6.45) is 0. The van der Waals surface area contributed by atoms with Gasteiger partial charge in [0.2, 0.25) is 0 Å². The Hall–Kier alpha value is -2.47. The first kappa shape index (κ1) is 17.9. The lowest BCUT2D eigenvalue weighted by molar-refractivity contribution is 0.251. The van der Waals surface area contributed by atoms with Gasteiger partial charge in [-0.25, -0.2) is 9.18 Å². The highest BCUT2D eigenvalue weighted by Gasteiger charge is 2.12. The molecule has 0 aromatic heterocycles. The van der Waals surface area contributed by atoms with Crippen LogP contribution in [0.25, 0.3) is 0 Å². The van der Waals surface area contributed by atoms with Gasteiger partial charge in [0.25, 0.3) is 0 Å². The van der Waals surface area contributed by atoms with Crippen LogP contribution in [0, 0.1) is 12.7 Å². The van der Waals surface area contributed by atoms with Gasteiger partial charge in [0.05, 0.1) is 24.9 Å². The molecule has 0 aliphatic rings. The van der Waals surface area contributed by atoms with E-state index in [9.17, 15) is 9.18 Å². The Morgan fingerprint density at radius 2 is 1.88 bits per heavy atom. The average Bonchev–Trinajstić information content (AvgIpc) is 2.56. The molecule has 2 rings (SSSR count). The quantitative estimate of drug-likeness (QED) is 0.850. The molecule has 0 spiro atoms. The topological polar surface area (TPSA) is 59.6 Å². The standard InChI is InChI=1S/C17H18ClFN2O3/c1-10-6-11(4-5-13(10)19)9-20-17(22)21-14-7-12(18)15(23-2)8-16(14)24-3/h4-8H,9H2,1-3H3,(H2,20,21,22). The molecule has 0 bridgehead atoms. The Labute approximate surface area is 144 Å². The molecule has 0 saturated carbocycles. The van der Waals surface area contributed by atoms with Gasteiger partial charge >= 0.3 is 6.03 Å². The third-order valence-corrected chi connectivity index (χ3v) is 3.69. The Balaban J connectivity index is 2.04. The maximum absolute atomic E-state index is 13.2. The summed E-state index contributed by atoms with van der Waals surface area (Å²) in [6, 6.07) is 7.36. The third kappa shape index (κ3) is 4.29. The van der Waals surface area contributed by atoms with Gasteiger partial charge in [-0.3, -0.25) is 0 Å². The van der Waals surface area contributed by atoms with Crippen LogP contribution in [0.1, 0.15) is 11.1 Å². The minimum atomic E-state index is -0.434. The van der Waals surface area contributed by atoms with Crippen LogP contribution in [0.5, 0.6) is 11.5 Å². The smallest absolute Gasteiger partial charge is 0.319 e. The van der Waals surface area contributed by atoms with Crippen LogP contribution in [0.15, 0.2) is 30.3 Å². The predicted octanol–water partition coefficient (Wildman–Crippen LogP) is 4.13. The normalized spacial score (nSPS) is 10.2. The Morgan fingerprint density at radius 1 is 1.17 bits per heavy atom. The Kier molecular flexibility index (Phi) is 5.87. The molecule has 0 aliphatic heterocycles. The zero-order valence-electron chi connectivity index (χ0n) is 13.6. The zero-order chi connectivity index (χ0) is 17.7. The highest BCUT2D eigenvalue weighted by molar-refractivity contribution is 6.32. The number of hydrogen-bond donors (Lipinski definition) is 2. The molecular weight excluding hydrogens is 335 g/mol. The van der Waals surface area contributed by atoms with Gasteiger partial charge in [-0.15, -0.1) is 0 Å². The average molecular weight is 353 g/mol. The molecule has 2 amide bonds. The Bertz CT molecular complexity index is 753. The van der Waals surface area contributed by atoms with Crippen LogP contribution in [0.3, 0.4) is 0 Å². The zero-order valence-corrected chi connectivity index (χ0v) is 14.3. The van der Waals surface area contributed by atoms with E-state index in [1.165, 1.54) is 20.3 Å². The summed E-state index contributed by atoms with van der Waals surface area (Å²) in [5.74, 6) is 0.589. The van der Waals surface area contributed by atoms with E-state index in [-0.39, 0.29) is 12.4 Å². The number of benzene rings is 2. The number of urea groups is 1. The molecule has 0 atom stereocenters. The number of aryl methyl sites for hydroxylation is 1. The minimum Gasteiger partial charge on any atom is -0.495 e. The number of halogens is 2. The number of carbonyl (C=O) groups excluding carboxylic acids is 1. The van der Waals surface area contributed by atoms with Crippen LogP contribution in [0.2, 0.25) is 5.02 Å². The fraction of sp³-hybridized carbons (Fsp3) is 0.235. The molecule has 2 aromatic carbocycles. The number of methoxy groups -OCH3 is 2. The van der Waals surface area contributed by atoms with Crippen LogP contribution in [0.4, 0.5) is 14.9 Å². The van der Waals surface area contributed by atoms with Crippen molar-refractivity contribution >= 4 is 23.3 Å². The first-order valence-electron chi connectivity index (χ1n) is 7.16. The van der Waals surface area contributed by atoms with E-state index in [2.05, 4.69) is 10.6 Å². The molecule has 5 nitrogen and oxygen atoms in total. The number of amides is 2. The molecule has 2 aromatic rings. The summed E-state index contributed by atoms with van der Waals surface area (Å²) >= 11 is 6.06. The molecule has 2 N–H and O–H groups in total. The second kappa shape index (κ2) is 7.88. The summed E-state index contributed by atoms with van der Waals surface area (Å²) in [4.78, 5) is 12.0. The van der Waals surface area contributed by atoms with Gasteiger partial charge < -0.3 is 20.1 Å². The SMILES string of the molecule is COc1cc(OC)c(NC(=O)NCc2ccc(F)c(C)c2)cc1Cl. The van der Waals surface area contributed by atoms with Crippen molar-refractivity contribution in [1.29, 1.82) is 0 Å². The van der Waals surface area contributed by atoms with Crippen molar-refractivity contribution in [2.24, 2.45) is 0 Å². The number of hydrogen-bond acceptors (Lipinski definition) is 3. The molecular formula is C17H18ClFN2O3. The third-order valence-electron chi connectivity index (χ3n) is 3.40. The van der Waals surface area contributed by atoms with Gasteiger partial charge in [0, 0.05) is 12.6 Å². The lowest BCUT2D eigenvalue weighted by atomic mass is 10.1. The summed E-state index contributed by atoms with van der Waals surface area (Å²) in [7, 11) is 2.97. The van der Waals surface area contributed by atoms with Crippen molar-refractivity contribution in [2.45, 2.75) is 13.5 Å². The van der Waals surface area contributed by atoms with Gasteiger partial charge in [-0.2, -0.15) is 0 Å². The van der Waals surface area contributed by atoms with E-state index in [1.807, 2.05) is 0 Å². The number of carbonyl (C=O) groups is 1. The van der Waals surface area contributed by atoms with E-state index in [1.54, 1.807) is 31.2 Å². The van der Waals surface area contributed by atoms with E-state index in [0.29, 0.717) is 27.8 Å². The minimum absolute atomic E-state index is 0.263. The van der Waals surface area contributed by atoms with Crippen molar-refractivity contribution in [1.82, 2.24) is 5.32 Å². The lowest BCUT2D eigenvalue weighted by Gasteiger charge is -2.14. The van der Waals surface area contributed by atoms with Gasteiger partial charge in [0.1, 0.15) is 17.3 Å². The monoisotopic (exact) mass is 352 g/mol. The largest absolute Gasteiger partial charge is 0.495 e. The Morgan fingerprint density at radius 3 is 2.50 bits per heavy atom. The van der Waals surface area contributed by atoms with Crippen LogP contribution in [-0.4, -0.2) is 20.3 Å². The highest BCUT2D eigenvalue weighted by Crippen LogP contribution is 2.35. The summed E-state index contributed by atoms with van der Waals surface area (Å²) in [5.41, 5.74) is 1.73. The fourth-order valence-electron chi connectivity index (χ4n) is 2.12. The van der Waals surface area contributed by atoms with Gasteiger partial charge in [-0.05, 0) is 30.2 Å². The molecule has 128 valence electrons. The molecule has 0 radical (unpaired) electrons. The van der Waals surface area contributed by atoms with Crippen LogP contribution < -0.4 is 20.1 Å². The summed E-state index contributed by atoms with van der Waals surface area (Å²) < 4.78 is 23.5. The molecule has 0 heterocycles. The molecule has 0 saturated heterocycles. The highest BCUT2D eigenvalue weighted by atomic mass is 35.5. The fourth-order valence-corrected chi connectivity index (χ4v) is 2.36. The van der Waals surface area contributed by atoms with Crippen molar-refractivity contribution in [3.63, 3.8) is 0 Å². The van der Waals surface area contributed by atoms with Gasteiger partial charge in [-0.1, -0.05) is 23.7 Å². The molecule has 0 unspecified atom stereocenters. The van der Waals surface area contributed by atoms with Gasteiger partial charge in [0.15, 0.2) is 0 Å². The van der Waals surface area contributed by atoms with Crippen molar-refractivity contribution in [3.8, 4) is 11.5 Å². The van der Waals surface area contributed by atoms with Crippen LogP contribution >= 0.6 is 11.6 Å². The molecule has 0 fully saturated rings. The van der Waals surface area contributed by atoms with Crippen LogP contribution in [-0.2, 0) is 6.54 Å². The summed E-state index contributed by atoms with van der Waals surface area (Å²) in [5, 5.41) is 5.70. The number of nitrogens with one attached hydrogen (secondary N) is 2. The number of anilines is 1. The number of rotatable bonds is 5. The predicted molar refractivity (Wildman–Crippen MR) is 91.6 cm³/mol. The van der Waals surface area contributed by atoms with Crippen molar-refractivity contribution in [3.05, 3.63) is 52.3 Å². The van der Waals surface area contributed by atoms with E-state index in [0.717, 1.165) is 5.56 Å². The maximum Gasteiger partial charge on any atom is 0.319 e. The van der Waals surface area contributed by atoms with E-state index < -0.39 is 6.03 Å². The first-order chi connectivity index (χ1) is 11.4. The van der Waals surface area contributed by atoms with Crippen molar-refractivity contribution < 1.29 is 18.7 Å². The molecule has 24 heavy (non-hydrogen) atoms. The summed E-state index contributed by atoms with van der Waals surface area (Å²) in [6.45, 7) is 1.93. The second-order valence-corrected chi connectivity index (χ2v) is 5.49. The molecule has 0 aliphatic carbocycles. The maximum atomic E-state index is 13.2. The number of ether oxygens (including phenoxy) is 2. The second-order valence-electron chi connectivity index (χ2n) is 5.08. The lowest BCUT2D eigenvalue weighted by Crippen LogP contribution is -2.28. The van der Waals surface area contributed by atoms with Crippen molar-refractivity contribution in [2.75, 3.05) is 19.5 Å². The van der Waals surface area contributed by atoms with E-state index >= 15 is 0 Å². The molecule has 7 heteroatoms. The first-order valence-corrected chi connectivity index (χ1v) is 7.53. The van der Waals surface area contributed by atoms with E-state index in [4.69, 9.17) is 21.1 Å².